The first-order valence-electron chi connectivity index (χ1n) is 23.6. The Morgan fingerprint density at radius 2 is 0.618 bits per heavy atom. The number of nitrogens with zero attached hydrogens (tertiary/aromatic N) is 1. The van der Waals surface area contributed by atoms with Crippen LogP contribution in [0.2, 0.25) is 0 Å². The molecular formula is C67H45N. The zero-order chi connectivity index (χ0) is 45.0. The molecular weight excluding hydrogens is 819 g/mol. The topological polar surface area (TPSA) is 3.24 Å². The van der Waals surface area contributed by atoms with Crippen molar-refractivity contribution < 1.29 is 0 Å². The van der Waals surface area contributed by atoms with Crippen molar-refractivity contribution in [2.45, 2.75) is 6.42 Å². The first kappa shape index (κ1) is 39.6. The molecule has 0 aliphatic heterocycles. The van der Waals surface area contributed by atoms with E-state index in [2.05, 4.69) is 266 Å². The van der Waals surface area contributed by atoms with Gasteiger partial charge in [-0.2, -0.15) is 0 Å². The number of fused-ring (bicyclic) bond motifs is 8. The van der Waals surface area contributed by atoms with E-state index in [4.69, 9.17) is 0 Å². The molecule has 0 aromatic heterocycles. The van der Waals surface area contributed by atoms with Crippen LogP contribution in [0.15, 0.2) is 255 Å². The van der Waals surface area contributed by atoms with E-state index in [1.54, 1.807) is 0 Å². The fourth-order valence-corrected chi connectivity index (χ4v) is 10.5. The Morgan fingerprint density at radius 3 is 1.15 bits per heavy atom. The van der Waals surface area contributed by atoms with Crippen LogP contribution in [-0.2, 0) is 6.42 Å². The van der Waals surface area contributed by atoms with Crippen LogP contribution >= 0.6 is 0 Å². The smallest absolute Gasteiger partial charge is 0.0462 e. The van der Waals surface area contributed by atoms with Crippen LogP contribution in [0.4, 0.5) is 17.1 Å². The van der Waals surface area contributed by atoms with Gasteiger partial charge in [0.1, 0.15) is 0 Å². The first-order chi connectivity index (χ1) is 33.7. The monoisotopic (exact) mass is 863 g/mol. The molecule has 12 aromatic carbocycles. The predicted octanol–water partition coefficient (Wildman–Crippen LogP) is 18.5. The summed E-state index contributed by atoms with van der Waals surface area (Å²) in [7, 11) is 0. The first-order valence-corrected chi connectivity index (χ1v) is 23.6. The standard InChI is InChI=1S/C67H45N/c1-2-10-53-41-56(26-25-45(53)9-1)50-21-17-46(18-22-50)48-27-34-59(35-28-48)68(61-38-31-52(32-39-61)58-42-54-11-3-4-12-55(54)43-58)60-36-29-49(30-37-60)47-19-23-51(24-20-47)57-33-40-66-64-15-6-5-13-62(64)63-14-7-8-16-65(63)67(66)44-57/h1-42,44H,43H2. The highest BCUT2D eigenvalue weighted by molar-refractivity contribution is 6.25. The molecule has 0 atom stereocenters. The van der Waals surface area contributed by atoms with Gasteiger partial charge in [-0.3, -0.25) is 0 Å². The molecule has 68 heavy (non-hydrogen) atoms. The van der Waals surface area contributed by atoms with Crippen molar-refractivity contribution in [1.29, 1.82) is 0 Å². The zero-order valence-electron chi connectivity index (χ0n) is 37.5. The quantitative estimate of drug-likeness (QED) is 0.138. The maximum Gasteiger partial charge on any atom is 0.0462 e. The van der Waals surface area contributed by atoms with E-state index in [0.717, 1.165) is 23.5 Å². The van der Waals surface area contributed by atoms with Crippen LogP contribution in [0.1, 0.15) is 16.7 Å². The summed E-state index contributed by atoms with van der Waals surface area (Å²) in [5, 5.41) is 10.3. The van der Waals surface area contributed by atoms with Crippen molar-refractivity contribution in [3.05, 3.63) is 271 Å². The van der Waals surface area contributed by atoms with Gasteiger partial charge in [-0.05, 0) is 165 Å². The van der Waals surface area contributed by atoms with Crippen LogP contribution in [0, 0.1) is 0 Å². The maximum absolute atomic E-state index is 2.37. The van der Waals surface area contributed by atoms with Crippen molar-refractivity contribution in [1.82, 2.24) is 0 Å². The Balaban J connectivity index is 0.801. The lowest BCUT2D eigenvalue weighted by molar-refractivity contribution is 1.27. The summed E-state index contributed by atoms with van der Waals surface area (Å²) in [5.74, 6) is 0. The lowest BCUT2D eigenvalue weighted by Gasteiger charge is -2.26. The van der Waals surface area contributed by atoms with Crippen molar-refractivity contribution in [3.8, 4) is 44.5 Å². The van der Waals surface area contributed by atoms with Gasteiger partial charge in [-0.1, -0.05) is 212 Å². The fraction of sp³-hybridized carbons (Fsp3) is 0.0149. The molecule has 1 nitrogen and oxygen atoms in total. The van der Waals surface area contributed by atoms with Gasteiger partial charge in [0.2, 0.25) is 0 Å². The molecule has 0 radical (unpaired) electrons. The van der Waals surface area contributed by atoms with Gasteiger partial charge in [-0.15, -0.1) is 0 Å². The molecule has 0 fully saturated rings. The average molecular weight is 864 g/mol. The van der Waals surface area contributed by atoms with E-state index in [-0.39, 0.29) is 0 Å². The second kappa shape index (κ2) is 16.6. The summed E-state index contributed by atoms with van der Waals surface area (Å²) in [4.78, 5) is 2.37. The van der Waals surface area contributed by atoms with Gasteiger partial charge >= 0.3 is 0 Å². The molecule has 12 aromatic rings. The lowest BCUT2D eigenvalue weighted by Crippen LogP contribution is -2.10. The summed E-state index contributed by atoms with van der Waals surface area (Å²) in [6.07, 6.45) is 3.30. The number of anilines is 3. The molecule has 0 spiro atoms. The van der Waals surface area contributed by atoms with Crippen molar-refractivity contribution in [2.24, 2.45) is 0 Å². The van der Waals surface area contributed by atoms with Crippen molar-refractivity contribution in [3.63, 3.8) is 0 Å². The Labute approximate surface area is 397 Å². The van der Waals surface area contributed by atoms with Gasteiger partial charge in [0.25, 0.3) is 0 Å². The molecule has 0 amide bonds. The third-order valence-electron chi connectivity index (χ3n) is 14.1. The van der Waals surface area contributed by atoms with Gasteiger partial charge in [0, 0.05) is 17.1 Å². The van der Waals surface area contributed by atoms with Crippen LogP contribution in [0.25, 0.3) is 99.2 Å². The number of hydrogen-bond acceptors (Lipinski definition) is 1. The van der Waals surface area contributed by atoms with Gasteiger partial charge < -0.3 is 4.90 Å². The van der Waals surface area contributed by atoms with E-state index in [1.165, 1.54) is 110 Å². The largest absolute Gasteiger partial charge is 0.311 e. The molecule has 0 saturated carbocycles. The van der Waals surface area contributed by atoms with Crippen LogP contribution in [0.3, 0.4) is 0 Å². The summed E-state index contributed by atoms with van der Waals surface area (Å²) < 4.78 is 0. The van der Waals surface area contributed by atoms with Gasteiger partial charge in [0.05, 0.1) is 0 Å². The molecule has 0 heterocycles. The minimum Gasteiger partial charge on any atom is -0.311 e. The van der Waals surface area contributed by atoms with Crippen molar-refractivity contribution in [2.75, 3.05) is 4.90 Å². The minimum atomic E-state index is 0.962. The summed E-state index contributed by atoms with van der Waals surface area (Å²) >= 11 is 0. The second-order valence-corrected chi connectivity index (χ2v) is 18.1. The highest BCUT2D eigenvalue weighted by Gasteiger charge is 2.17. The molecule has 1 aliphatic rings. The molecule has 0 N–H and O–H groups in total. The molecule has 318 valence electrons. The number of benzene rings is 12. The summed E-state index contributed by atoms with van der Waals surface area (Å²) in [6.45, 7) is 0. The molecule has 0 bridgehead atoms. The average Bonchev–Trinajstić information content (AvgIpc) is 3.86. The third-order valence-corrected chi connectivity index (χ3v) is 14.1. The Hall–Kier alpha value is -8.78. The van der Waals surface area contributed by atoms with Gasteiger partial charge in [0.15, 0.2) is 0 Å². The molecule has 0 unspecified atom stereocenters. The van der Waals surface area contributed by atoms with Crippen LogP contribution in [-0.4, -0.2) is 0 Å². The molecule has 13 rings (SSSR count). The van der Waals surface area contributed by atoms with E-state index >= 15 is 0 Å². The van der Waals surface area contributed by atoms with E-state index in [0.29, 0.717) is 0 Å². The highest BCUT2D eigenvalue weighted by Crippen LogP contribution is 2.41. The SMILES string of the molecule is C1=C(c2ccc(N(c3ccc(-c4ccc(-c5ccc6ccccc6c5)cc4)cc3)c3ccc(-c4ccc(-c5ccc6c7ccccc7c7ccccc7c6c5)cc4)cc3)cc2)Cc2ccccc21. The fourth-order valence-electron chi connectivity index (χ4n) is 10.5. The Kier molecular flexibility index (Phi) is 9.65. The minimum absolute atomic E-state index is 0.962. The number of allylic oxidation sites excluding steroid dienone is 1. The molecule has 1 heteroatoms. The lowest BCUT2D eigenvalue weighted by atomic mass is 9.92. The zero-order valence-corrected chi connectivity index (χ0v) is 37.5. The Morgan fingerprint density at radius 1 is 0.250 bits per heavy atom. The third kappa shape index (κ3) is 7.13. The number of hydrogen-bond donors (Lipinski definition) is 0. The van der Waals surface area contributed by atoms with Crippen LogP contribution < -0.4 is 4.90 Å². The van der Waals surface area contributed by atoms with Crippen molar-refractivity contribution >= 4 is 71.8 Å². The summed E-state index contributed by atoms with van der Waals surface area (Å²) in [5.41, 5.74) is 18.3. The normalized spacial score (nSPS) is 12.1. The van der Waals surface area contributed by atoms with E-state index in [1.807, 2.05) is 0 Å². The molecule has 0 saturated heterocycles. The van der Waals surface area contributed by atoms with E-state index in [9.17, 15) is 0 Å². The predicted molar refractivity (Wildman–Crippen MR) is 291 cm³/mol. The Bertz CT molecular complexity index is 3840. The van der Waals surface area contributed by atoms with Crippen LogP contribution in [0.5, 0.6) is 0 Å². The van der Waals surface area contributed by atoms with E-state index < -0.39 is 0 Å². The number of rotatable bonds is 8. The maximum atomic E-state index is 2.37. The highest BCUT2D eigenvalue weighted by atomic mass is 15.1. The molecule has 1 aliphatic carbocycles. The second-order valence-electron chi connectivity index (χ2n) is 18.1. The summed E-state index contributed by atoms with van der Waals surface area (Å²) in [6, 6.07) is 93.6. The van der Waals surface area contributed by atoms with Gasteiger partial charge in [-0.25, -0.2) is 0 Å².